The summed E-state index contributed by atoms with van der Waals surface area (Å²) in [5, 5.41) is 0. The number of halogens is 1. The minimum atomic E-state index is -0.235. The molecule has 4 heteroatoms. The van der Waals surface area contributed by atoms with Crippen LogP contribution in [-0.4, -0.2) is 15.0 Å². The Hall–Kier alpha value is -2.23. The lowest BCUT2D eigenvalue weighted by Crippen LogP contribution is -1.86. The molecule has 0 fully saturated rings. The van der Waals surface area contributed by atoms with Gasteiger partial charge in [0.1, 0.15) is 11.6 Å². The van der Waals surface area contributed by atoms with Crippen LogP contribution in [0, 0.1) is 19.7 Å². The molecular weight excluding hydrogens is 229 g/mol. The zero-order chi connectivity index (χ0) is 12.7. The summed E-state index contributed by atoms with van der Waals surface area (Å²) in [6, 6.07) is 8.56. The number of fused-ring (bicyclic) bond motifs is 1. The van der Waals surface area contributed by atoms with Gasteiger partial charge in [0.15, 0.2) is 5.65 Å². The predicted molar refractivity (Wildman–Crippen MR) is 68.8 cm³/mol. The second-order valence-corrected chi connectivity index (χ2v) is 4.37. The van der Waals surface area contributed by atoms with Crippen LogP contribution in [0.1, 0.15) is 11.3 Å². The largest absolute Gasteiger partial charge is 0.337 e. The first-order valence-corrected chi connectivity index (χ1v) is 5.73. The molecule has 3 nitrogen and oxygen atoms in total. The fourth-order valence-electron chi connectivity index (χ4n) is 2.01. The van der Waals surface area contributed by atoms with Crippen molar-refractivity contribution in [2.45, 2.75) is 13.8 Å². The lowest BCUT2D eigenvalue weighted by atomic mass is 10.1. The molecule has 3 aromatic rings. The Morgan fingerprint density at radius 3 is 2.67 bits per heavy atom. The van der Waals surface area contributed by atoms with E-state index >= 15 is 0 Å². The van der Waals surface area contributed by atoms with Gasteiger partial charge in [-0.2, -0.15) is 0 Å². The van der Waals surface area contributed by atoms with Gasteiger partial charge in [-0.15, -0.1) is 0 Å². The molecule has 2 heterocycles. The van der Waals surface area contributed by atoms with Crippen LogP contribution in [0.15, 0.2) is 30.3 Å². The molecule has 1 aromatic carbocycles. The SMILES string of the molecule is Cc1ccc2[nH]c(-c3ccc(F)cc3C)nc2n1. The van der Waals surface area contributed by atoms with Crippen LogP contribution in [0.2, 0.25) is 0 Å². The quantitative estimate of drug-likeness (QED) is 0.709. The third kappa shape index (κ3) is 1.76. The number of imidazole rings is 1. The Morgan fingerprint density at radius 1 is 1.06 bits per heavy atom. The summed E-state index contributed by atoms with van der Waals surface area (Å²) in [6.45, 7) is 3.79. The zero-order valence-electron chi connectivity index (χ0n) is 10.2. The molecule has 0 spiro atoms. The first kappa shape index (κ1) is 10.9. The van der Waals surface area contributed by atoms with Crippen molar-refractivity contribution in [2.24, 2.45) is 0 Å². The highest BCUT2D eigenvalue weighted by Crippen LogP contribution is 2.23. The molecule has 0 saturated carbocycles. The van der Waals surface area contributed by atoms with Crippen LogP contribution < -0.4 is 0 Å². The Balaban J connectivity index is 2.19. The lowest BCUT2D eigenvalue weighted by Gasteiger charge is -2.01. The Morgan fingerprint density at radius 2 is 1.89 bits per heavy atom. The molecule has 3 rings (SSSR count). The van der Waals surface area contributed by atoms with Crippen molar-refractivity contribution in [1.82, 2.24) is 15.0 Å². The Kier molecular flexibility index (Phi) is 2.37. The molecule has 1 N–H and O–H groups in total. The van der Waals surface area contributed by atoms with Gasteiger partial charge in [0.05, 0.1) is 5.52 Å². The van der Waals surface area contributed by atoms with Crippen LogP contribution in [0.4, 0.5) is 4.39 Å². The molecule has 0 aliphatic carbocycles. The molecule has 0 aliphatic heterocycles. The van der Waals surface area contributed by atoms with Gasteiger partial charge in [0, 0.05) is 11.3 Å². The summed E-state index contributed by atoms with van der Waals surface area (Å²) in [5.41, 5.74) is 4.25. The molecule has 0 radical (unpaired) electrons. The smallest absolute Gasteiger partial charge is 0.178 e. The number of hydrogen-bond donors (Lipinski definition) is 1. The first-order chi connectivity index (χ1) is 8.63. The maximum absolute atomic E-state index is 13.1. The van der Waals surface area contributed by atoms with Gasteiger partial charge < -0.3 is 4.98 Å². The fraction of sp³-hybridized carbons (Fsp3) is 0.143. The number of pyridine rings is 1. The Labute approximate surface area is 104 Å². The number of aromatic amines is 1. The first-order valence-electron chi connectivity index (χ1n) is 5.73. The Bertz CT molecular complexity index is 731. The number of benzene rings is 1. The molecule has 0 bridgehead atoms. The summed E-state index contributed by atoms with van der Waals surface area (Å²) in [6.07, 6.45) is 0. The summed E-state index contributed by atoms with van der Waals surface area (Å²) in [5.74, 6) is 0.488. The third-order valence-electron chi connectivity index (χ3n) is 2.93. The van der Waals surface area contributed by atoms with E-state index < -0.39 is 0 Å². The zero-order valence-corrected chi connectivity index (χ0v) is 10.2. The molecule has 0 unspecified atom stereocenters. The molecule has 18 heavy (non-hydrogen) atoms. The van der Waals surface area contributed by atoms with Gasteiger partial charge in [0.25, 0.3) is 0 Å². The van der Waals surface area contributed by atoms with Gasteiger partial charge in [-0.3, -0.25) is 0 Å². The van der Waals surface area contributed by atoms with E-state index in [0.717, 1.165) is 28.2 Å². The highest BCUT2D eigenvalue weighted by molar-refractivity contribution is 5.76. The topological polar surface area (TPSA) is 41.6 Å². The molecule has 2 aromatic heterocycles. The number of aromatic nitrogens is 3. The molecule has 0 aliphatic rings. The number of rotatable bonds is 1. The van der Waals surface area contributed by atoms with Crippen LogP contribution >= 0.6 is 0 Å². The fourth-order valence-corrected chi connectivity index (χ4v) is 2.01. The van der Waals surface area contributed by atoms with E-state index in [1.165, 1.54) is 12.1 Å². The van der Waals surface area contributed by atoms with Crippen molar-refractivity contribution in [2.75, 3.05) is 0 Å². The van der Waals surface area contributed by atoms with Crippen molar-refractivity contribution < 1.29 is 4.39 Å². The van der Waals surface area contributed by atoms with E-state index in [0.29, 0.717) is 5.65 Å². The van der Waals surface area contributed by atoms with Crippen LogP contribution in [0.3, 0.4) is 0 Å². The van der Waals surface area contributed by atoms with Gasteiger partial charge >= 0.3 is 0 Å². The second kappa shape index (κ2) is 3.91. The minimum absolute atomic E-state index is 0.235. The summed E-state index contributed by atoms with van der Waals surface area (Å²) >= 11 is 0. The monoisotopic (exact) mass is 241 g/mol. The van der Waals surface area contributed by atoms with Crippen molar-refractivity contribution >= 4 is 11.2 Å². The average Bonchev–Trinajstić information content (AvgIpc) is 2.71. The number of nitrogens with zero attached hydrogens (tertiary/aromatic N) is 2. The van der Waals surface area contributed by atoms with Gasteiger partial charge in [0.2, 0.25) is 0 Å². The van der Waals surface area contributed by atoms with Crippen LogP contribution in [-0.2, 0) is 0 Å². The van der Waals surface area contributed by atoms with Crippen LogP contribution in [0.5, 0.6) is 0 Å². The summed E-state index contributed by atoms with van der Waals surface area (Å²) in [4.78, 5) is 12.0. The number of nitrogens with one attached hydrogen (secondary N) is 1. The third-order valence-corrected chi connectivity index (χ3v) is 2.93. The highest BCUT2D eigenvalue weighted by atomic mass is 19.1. The standard InChI is InChI=1S/C14H12FN3/c1-8-7-10(15)4-5-11(8)13-17-12-6-3-9(2)16-14(12)18-13/h3-7H,1-2H3,(H,16,17,18). The van der Waals surface area contributed by atoms with Gasteiger partial charge in [-0.25, -0.2) is 14.4 Å². The van der Waals surface area contributed by atoms with E-state index in [9.17, 15) is 4.39 Å². The van der Waals surface area contributed by atoms with E-state index in [1.807, 2.05) is 26.0 Å². The molecular formula is C14H12FN3. The number of hydrogen-bond acceptors (Lipinski definition) is 2. The number of aryl methyl sites for hydroxylation is 2. The normalized spacial score (nSPS) is 11.1. The van der Waals surface area contributed by atoms with E-state index in [2.05, 4.69) is 15.0 Å². The predicted octanol–water partition coefficient (Wildman–Crippen LogP) is 3.38. The number of H-pyrrole nitrogens is 1. The molecule has 0 saturated heterocycles. The molecule has 0 atom stereocenters. The van der Waals surface area contributed by atoms with Crippen molar-refractivity contribution in [3.63, 3.8) is 0 Å². The maximum atomic E-state index is 13.1. The lowest BCUT2D eigenvalue weighted by molar-refractivity contribution is 0.627. The van der Waals surface area contributed by atoms with Crippen molar-refractivity contribution in [3.05, 3.63) is 47.4 Å². The van der Waals surface area contributed by atoms with E-state index in [4.69, 9.17) is 0 Å². The second-order valence-electron chi connectivity index (χ2n) is 4.37. The molecule has 90 valence electrons. The van der Waals surface area contributed by atoms with E-state index in [1.54, 1.807) is 6.07 Å². The van der Waals surface area contributed by atoms with Crippen molar-refractivity contribution in [3.8, 4) is 11.4 Å². The van der Waals surface area contributed by atoms with Crippen molar-refractivity contribution in [1.29, 1.82) is 0 Å². The average molecular weight is 241 g/mol. The summed E-state index contributed by atoms with van der Waals surface area (Å²) in [7, 11) is 0. The van der Waals surface area contributed by atoms with Gasteiger partial charge in [-0.05, 0) is 49.7 Å². The van der Waals surface area contributed by atoms with E-state index in [-0.39, 0.29) is 5.82 Å². The van der Waals surface area contributed by atoms with Gasteiger partial charge in [-0.1, -0.05) is 0 Å². The molecule has 0 amide bonds. The minimum Gasteiger partial charge on any atom is -0.337 e. The van der Waals surface area contributed by atoms with Crippen LogP contribution in [0.25, 0.3) is 22.6 Å². The summed E-state index contributed by atoms with van der Waals surface area (Å²) < 4.78 is 13.1. The highest BCUT2D eigenvalue weighted by Gasteiger charge is 2.09. The maximum Gasteiger partial charge on any atom is 0.178 e.